The molecule has 0 saturated heterocycles. The Bertz CT molecular complexity index is 1270. The zero-order chi connectivity index (χ0) is 29.5. The molecule has 0 aliphatic heterocycles. The molecule has 2 atom stereocenters. The van der Waals surface area contributed by atoms with Gasteiger partial charge in [0.15, 0.2) is 6.10 Å². The Labute approximate surface area is 245 Å². The second kappa shape index (κ2) is 17.0. The molecule has 0 aliphatic carbocycles. The van der Waals surface area contributed by atoms with Crippen LogP contribution < -0.4 is 21.1 Å². The van der Waals surface area contributed by atoms with Gasteiger partial charge in [-0.3, -0.25) is 10.1 Å². The number of nitrogens with two attached hydrogens (primary N) is 1. The third-order valence-corrected chi connectivity index (χ3v) is 6.71. The highest BCUT2D eigenvalue weighted by atomic mass is 32.2. The number of nitrogens with one attached hydrogen (secondary N) is 2. The number of carbonyl (C=O) groups is 2. The number of amides is 2. The largest absolute Gasteiger partial charge is 0.491 e. The maximum atomic E-state index is 13.0. The van der Waals surface area contributed by atoms with E-state index in [9.17, 15) is 9.59 Å². The van der Waals surface area contributed by atoms with Crippen LogP contribution >= 0.6 is 11.8 Å². The van der Waals surface area contributed by atoms with Gasteiger partial charge < -0.3 is 30.4 Å². The van der Waals surface area contributed by atoms with E-state index in [1.165, 1.54) is 6.08 Å². The second-order valence-corrected chi connectivity index (χ2v) is 9.75. The number of rotatable bonds is 15. The Hall–Kier alpha value is -3.99. The highest BCUT2D eigenvalue weighted by Gasteiger charge is 2.27. The van der Waals surface area contributed by atoms with Crippen molar-refractivity contribution in [2.75, 3.05) is 42.4 Å². The summed E-state index contributed by atoms with van der Waals surface area (Å²) in [5.74, 6) is 0.287. The lowest BCUT2D eigenvalue weighted by Gasteiger charge is -2.27. The summed E-state index contributed by atoms with van der Waals surface area (Å²) < 4.78 is 17.4. The molecule has 218 valence electrons. The van der Waals surface area contributed by atoms with E-state index in [4.69, 9.17) is 25.1 Å². The molecule has 0 heterocycles. The maximum Gasteiger partial charge on any atom is 0.412 e. The van der Waals surface area contributed by atoms with E-state index >= 15 is 0 Å². The van der Waals surface area contributed by atoms with Crippen molar-refractivity contribution >= 4 is 40.8 Å². The van der Waals surface area contributed by atoms with Gasteiger partial charge in [-0.25, -0.2) is 4.79 Å². The molecule has 41 heavy (non-hydrogen) atoms. The monoisotopic (exact) mass is 579 g/mol. The predicted octanol–water partition coefficient (Wildman–Crippen LogP) is 6.03. The molecule has 3 aromatic carbocycles. The van der Waals surface area contributed by atoms with E-state index < -0.39 is 18.3 Å². The summed E-state index contributed by atoms with van der Waals surface area (Å²) in [6.07, 6.45) is 4.31. The number of ether oxygens (including phenoxy) is 3. The van der Waals surface area contributed by atoms with E-state index in [-0.39, 0.29) is 19.1 Å². The minimum Gasteiger partial charge on any atom is -0.491 e. The Morgan fingerprint density at radius 2 is 1.76 bits per heavy atom. The molecule has 0 bridgehead atoms. The first-order valence-corrected chi connectivity index (χ1v) is 14.5. The summed E-state index contributed by atoms with van der Waals surface area (Å²) in [4.78, 5) is 26.4. The van der Waals surface area contributed by atoms with Gasteiger partial charge in [0, 0.05) is 17.2 Å². The molecule has 9 nitrogen and oxygen atoms in total. The minimum atomic E-state index is -0.737. The van der Waals surface area contributed by atoms with Crippen LogP contribution in [0.3, 0.4) is 0 Å². The number of anilines is 3. The van der Waals surface area contributed by atoms with E-state index in [1.54, 1.807) is 66.4 Å². The van der Waals surface area contributed by atoms with Gasteiger partial charge in [-0.1, -0.05) is 30.3 Å². The number of nitrogen functional groups attached to an aromatic ring is 1. The van der Waals surface area contributed by atoms with Gasteiger partial charge in [0.05, 0.1) is 24.1 Å². The van der Waals surface area contributed by atoms with Crippen LogP contribution in [0.1, 0.15) is 31.4 Å². The van der Waals surface area contributed by atoms with Crippen molar-refractivity contribution in [2.24, 2.45) is 0 Å². The van der Waals surface area contributed by atoms with Gasteiger partial charge in [-0.05, 0) is 86.2 Å². The summed E-state index contributed by atoms with van der Waals surface area (Å²) in [6, 6.07) is 21.6. The first-order valence-electron chi connectivity index (χ1n) is 13.3. The van der Waals surface area contributed by atoms with Gasteiger partial charge in [-0.15, -0.1) is 11.8 Å². The number of allylic oxidation sites excluding steroid dienone is 1. The minimum absolute atomic E-state index is 0.0950. The molecule has 0 saturated carbocycles. The number of para-hydroxylation sites is 2. The standard InChI is InChI=1S/C31H37N3O6S/c1-3-38-28(10-6-7-11-29(36)34-27-9-5-4-8-26(27)32)30(22-12-16-24(17-13-22)39-21-20-35)40-31(37)33-23-14-18-25(41-2)19-15-23/h4-5,7-9,11-19,28,30,35H,3,6,10,20-21,32H2,1-2H3,(H,33,37)(H,34,36)/b11-7+/t28-,30-/m1/s1. The van der Waals surface area contributed by atoms with E-state index in [0.717, 1.165) is 4.90 Å². The Morgan fingerprint density at radius 3 is 2.41 bits per heavy atom. The molecule has 5 N–H and O–H groups in total. The molecular weight excluding hydrogens is 542 g/mol. The van der Waals surface area contributed by atoms with Gasteiger partial charge in [0.2, 0.25) is 5.91 Å². The molecule has 10 heteroatoms. The summed E-state index contributed by atoms with van der Waals surface area (Å²) in [7, 11) is 0. The number of aliphatic hydroxyl groups excluding tert-OH is 1. The molecular formula is C31H37N3O6S. The smallest absolute Gasteiger partial charge is 0.412 e. The van der Waals surface area contributed by atoms with Crippen LogP contribution in [0.15, 0.2) is 89.8 Å². The molecule has 3 rings (SSSR count). The van der Waals surface area contributed by atoms with Crippen molar-refractivity contribution in [1.82, 2.24) is 0 Å². The van der Waals surface area contributed by atoms with Crippen LogP contribution in [0.2, 0.25) is 0 Å². The highest BCUT2D eigenvalue weighted by Crippen LogP contribution is 2.29. The van der Waals surface area contributed by atoms with Crippen molar-refractivity contribution < 1.29 is 28.9 Å². The van der Waals surface area contributed by atoms with Crippen LogP contribution in [-0.2, 0) is 14.3 Å². The fourth-order valence-corrected chi connectivity index (χ4v) is 4.39. The Kier molecular flexibility index (Phi) is 13.0. The molecule has 2 amide bonds. The fraction of sp³-hybridized carbons (Fsp3) is 0.290. The van der Waals surface area contributed by atoms with Crippen molar-refractivity contribution in [3.05, 3.63) is 90.5 Å². The second-order valence-electron chi connectivity index (χ2n) is 8.87. The van der Waals surface area contributed by atoms with Crippen LogP contribution in [-0.4, -0.2) is 49.3 Å². The number of hydrogen-bond acceptors (Lipinski definition) is 8. The first-order chi connectivity index (χ1) is 19.9. The van der Waals surface area contributed by atoms with Crippen LogP contribution in [0, 0.1) is 0 Å². The highest BCUT2D eigenvalue weighted by molar-refractivity contribution is 7.98. The SMILES string of the molecule is CCO[C@H](CC/C=C/C(=O)Nc1ccccc1N)[C@H](OC(=O)Nc1ccc(SC)cc1)c1ccc(OCCO)cc1. The lowest BCUT2D eigenvalue weighted by molar-refractivity contribution is -0.111. The molecule has 0 spiro atoms. The third-order valence-electron chi connectivity index (χ3n) is 5.96. The quantitative estimate of drug-likeness (QED) is 0.0975. The maximum absolute atomic E-state index is 13.0. The first kappa shape index (κ1) is 31.5. The number of hydrogen-bond donors (Lipinski definition) is 4. The van der Waals surface area contributed by atoms with E-state index in [0.29, 0.717) is 47.8 Å². The number of carbonyl (C=O) groups excluding carboxylic acids is 2. The average Bonchev–Trinajstić information content (AvgIpc) is 2.98. The molecule has 0 fully saturated rings. The van der Waals surface area contributed by atoms with Crippen molar-refractivity contribution in [3.63, 3.8) is 0 Å². The van der Waals surface area contributed by atoms with E-state index in [1.807, 2.05) is 37.4 Å². The molecule has 0 aromatic heterocycles. The van der Waals surface area contributed by atoms with Crippen molar-refractivity contribution in [2.45, 2.75) is 36.9 Å². The summed E-state index contributed by atoms with van der Waals surface area (Å²) in [6.45, 7) is 2.35. The summed E-state index contributed by atoms with van der Waals surface area (Å²) >= 11 is 1.61. The van der Waals surface area contributed by atoms with Crippen LogP contribution in [0.5, 0.6) is 5.75 Å². The lowest BCUT2D eigenvalue weighted by atomic mass is 10.00. The molecule has 3 aromatic rings. The van der Waals surface area contributed by atoms with E-state index in [2.05, 4.69) is 10.6 Å². The Balaban J connectivity index is 1.71. The normalized spacial score (nSPS) is 12.5. The zero-order valence-electron chi connectivity index (χ0n) is 23.2. The van der Waals surface area contributed by atoms with Crippen molar-refractivity contribution in [1.29, 1.82) is 0 Å². The number of thioether (sulfide) groups is 1. The van der Waals surface area contributed by atoms with Gasteiger partial charge in [0.25, 0.3) is 0 Å². The predicted molar refractivity (Wildman–Crippen MR) is 163 cm³/mol. The Morgan fingerprint density at radius 1 is 1.02 bits per heavy atom. The average molecular weight is 580 g/mol. The molecule has 0 radical (unpaired) electrons. The fourth-order valence-electron chi connectivity index (χ4n) is 3.99. The summed E-state index contributed by atoms with van der Waals surface area (Å²) in [5, 5.41) is 14.6. The van der Waals surface area contributed by atoms with Gasteiger partial charge in [-0.2, -0.15) is 0 Å². The molecule has 0 aliphatic rings. The summed E-state index contributed by atoms with van der Waals surface area (Å²) in [5.41, 5.74) is 8.25. The number of benzene rings is 3. The lowest BCUT2D eigenvalue weighted by Crippen LogP contribution is -2.29. The number of aliphatic hydroxyl groups is 1. The zero-order valence-corrected chi connectivity index (χ0v) is 24.1. The van der Waals surface area contributed by atoms with Crippen molar-refractivity contribution in [3.8, 4) is 5.75 Å². The molecule has 0 unspecified atom stereocenters. The van der Waals surface area contributed by atoms with Crippen LogP contribution in [0.4, 0.5) is 21.9 Å². The van der Waals surface area contributed by atoms with Gasteiger partial charge >= 0.3 is 6.09 Å². The topological polar surface area (TPSA) is 132 Å². The van der Waals surface area contributed by atoms with Gasteiger partial charge in [0.1, 0.15) is 12.4 Å². The van der Waals surface area contributed by atoms with Crippen LogP contribution in [0.25, 0.3) is 0 Å². The third kappa shape index (κ3) is 10.5.